The molecule has 1 aliphatic rings. The molecule has 0 bridgehead atoms. The van der Waals surface area contributed by atoms with Gasteiger partial charge < -0.3 is 10.2 Å². The SMILES string of the molecule is CC(C)NC1CCN(c2cc(Br)ccc2Br)C1. The van der Waals surface area contributed by atoms with E-state index in [1.165, 1.54) is 16.6 Å². The number of halogens is 2. The predicted octanol–water partition coefficient (Wildman–Crippen LogP) is 3.79. The molecule has 0 amide bonds. The Morgan fingerprint density at radius 2 is 2.12 bits per heavy atom. The molecule has 4 heteroatoms. The fraction of sp³-hybridized carbons (Fsp3) is 0.538. The van der Waals surface area contributed by atoms with Crippen LogP contribution < -0.4 is 10.2 Å². The fourth-order valence-electron chi connectivity index (χ4n) is 2.31. The van der Waals surface area contributed by atoms with Crippen LogP contribution in [0.4, 0.5) is 5.69 Å². The Bertz CT molecular complexity index is 393. The number of rotatable bonds is 3. The number of hydrogen-bond donors (Lipinski definition) is 1. The van der Waals surface area contributed by atoms with Gasteiger partial charge >= 0.3 is 0 Å². The molecular weight excluding hydrogens is 344 g/mol. The van der Waals surface area contributed by atoms with E-state index in [1.807, 2.05) is 0 Å². The van der Waals surface area contributed by atoms with Crippen molar-refractivity contribution in [3.8, 4) is 0 Å². The van der Waals surface area contributed by atoms with Crippen LogP contribution in [-0.2, 0) is 0 Å². The molecule has 1 fully saturated rings. The van der Waals surface area contributed by atoms with Gasteiger partial charge in [-0.2, -0.15) is 0 Å². The average Bonchev–Trinajstić information content (AvgIpc) is 2.69. The molecule has 1 heterocycles. The fourth-order valence-corrected chi connectivity index (χ4v) is 3.16. The molecule has 1 aliphatic heterocycles. The minimum atomic E-state index is 0.561. The lowest BCUT2D eigenvalue weighted by Gasteiger charge is -2.21. The summed E-state index contributed by atoms with van der Waals surface area (Å²) in [6, 6.07) is 7.52. The molecule has 0 radical (unpaired) electrons. The first kappa shape index (κ1) is 13.4. The highest BCUT2D eigenvalue weighted by atomic mass is 79.9. The van der Waals surface area contributed by atoms with Gasteiger partial charge in [-0.3, -0.25) is 0 Å². The van der Waals surface area contributed by atoms with Crippen LogP contribution in [0, 0.1) is 0 Å². The molecule has 1 aromatic rings. The third-order valence-electron chi connectivity index (χ3n) is 3.01. The van der Waals surface area contributed by atoms with Gasteiger partial charge in [0.25, 0.3) is 0 Å². The molecule has 1 N–H and O–H groups in total. The second kappa shape index (κ2) is 5.72. The van der Waals surface area contributed by atoms with Crippen molar-refractivity contribution in [3.63, 3.8) is 0 Å². The van der Waals surface area contributed by atoms with Gasteiger partial charge in [0.1, 0.15) is 0 Å². The largest absolute Gasteiger partial charge is 0.369 e. The van der Waals surface area contributed by atoms with Crippen molar-refractivity contribution in [1.29, 1.82) is 0 Å². The van der Waals surface area contributed by atoms with E-state index in [-0.39, 0.29) is 0 Å². The Morgan fingerprint density at radius 1 is 1.35 bits per heavy atom. The lowest BCUT2D eigenvalue weighted by Crippen LogP contribution is -2.37. The van der Waals surface area contributed by atoms with Gasteiger partial charge in [0, 0.05) is 34.1 Å². The summed E-state index contributed by atoms with van der Waals surface area (Å²) in [5.41, 5.74) is 1.28. The molecule has 17 heavy (non-hydrogen) atoms. The van der Waals surface area contributed by atoms with E-state index in [2.05, 4.69) is 74.1 Å². The summed E-state index contributed by atoms with van der Waals surface area (Å²) in [7, 11) is 0. The highest BCUT2D eigenvalue weighted by Crippen LogP contribution is 2.31. The molecule has 2 rings (SSSR count). The average molecular weight is 362 g/mol. The molecule has 1 atom stereocenters. The van der Waals surface area contributed by atoms with Gasteiger partial charge in [-0.05, 0) is 40.5 Å². The summed E-state index contributed by atoms with van der Waals surface area (Å²) >= 11 is 7.16. The normalized spacial score (nSPS) is 20.3. The number of anilines is 1. The molecule has 1 unspecified atom stereocenters. The van der Waals surface area contributed by atoms with E-state index in [9.17, 15) is 0 Å². The quantitative estimate of drug-likeness (QED) is 0.881. The zero-order chi connectivity index (χ0) is 12.4. The summed E-state index contributed by atoms with van der Waals surface area (Å²) in [6.45, 7) is 6.63. The number of hydrogen-bond acceptors (Lipinski definition) is 2. The molecule has 2 nitrogen and oxygen atoms in total. The first-order chi connectivity index (χ1) is 8.06. The maximum Gasteiger partial charge on any atom is 0.0522 e. The van der Waals surface area contributed by atoms with Crippen LogP contribution in [0.5, 0.6) is 0 Å². The van der Waals surface area contributed by atoms with Crippen molar-refractivity contribution in [2.24, 2.45) is 0 Å². The molecular formula is C13H18Br2N2. The Morgan fingerprint density at radius 3 is 2.82 bits per heavy atom. The summed E-state index contributed by atoms with van der Waals surface area (Å²) in [6.07, 6.45) is 1.22. The molecule has 1 saturated heterocycles. The Balaban J connectivity index is 2.07. The van der Waals surface area contributed by atoms with Gasteiger partial charge in [-0.15, -0.1) is 0 Å². The first-order valence-electron chi connectivity index (χ1n) is 6.02. The standard InChI is InChI=1S/C13H18Br2N2/c1-9(2)16-11-5-6-17(8-11)13-7-10(14)3-4-12(13)15/h3-4,7,9,11,16H,5-6,8H2,1-2H3. The Kier molecular flexibility index (Phi) is 4.50. The number of nitrogens with zero attached hydrogens (tertiary/aromatic N) is 1. The van der Waals surface area contributed by atoms with Crippen molar-refractivity contribution >= 4 is 37.5 Å². The second-order valence-electron chi connectivity index (χ2n) is 4.85. The monoisotopic (exact) mass is 360 g/mol. The zero-order valence-corrected chi connectivity index (χ0v) is 13.4. The lowest BCUT2D eigenvalue weighted by atomic mass is 10.2. The topological polar surface area (TPSA) is 15.3 Å². The van der Waals surface area contributed by atoms with Crippen molar-refractivity contribution in [2.45, 2.75) is 32.4 Å². The molecule has 1 aromatic carbocycles. The predicted molar refractivity (Wildman–Crippen MR) is 80.7 cm³/mol. The highest BCUT2D eigenvalue weighted by Gasteiger charge is 2.24. The van der Waals surface area contributed by atoms with E-state index in [4.69, 9.17) is 0 Å². The molecule has 94 valence electrons. The highest BCUT2D eigenvalue weighted by molar-refractivity contribution is 9.11. The maximum absolute atomic E-state index is 3.63. The summed E-state index contributed by atoms with van der Waals surface area (Å²) in [5, 5.41) is 3.61. The minimum absolute atomic E-state index is 0.561. The third kappa shape index (κ3) is 3.46. The van der Waals surface area contributed by atoms with E-state index in [0.29, 0.717) is 12.1 Å². The second-order valence-corrected chi connectivity index (χ2v) is 6.62. The molecule has 0 aromatic heterocycles. The smallest absolute Gasteiger partial charge is 0.0522 e. The molecule has 0 spiro atoms. The van der Waals surface area contributed by atoms with Crippen molar-refractivity contribution in [3.05, 3.63) is 27.1 Å². The van der Waals surface area contributed by atoms with E-state index in [1.54, 1.807) is 0 Å². The summed E-state index contributed by atoms with van der Waals surface area (Å²) in [4.78, 5) is 2.44. The van der Waals surface area contributed by atoms with Crippen LogP contribution in [0.25, 0.3) is 0 Å². The van der Waals surface area contributed by atoms with Crippen molar-refractivity contribution in [2.75, 3.05) is 18.0 Å². The Labute approximate surface area is 120 Å². The van der Waals surface area contributed by atoms with Crippen LogP contribution in [0.15, 0.2) is 27.1 Å². The van der Waals surface area contributed by atoms with Gasteiger partial charge in [0.15, 0.2) is 0 Å². The minimum Gasteiger partial charge on any atom is -0.369 e. The van der Waals surface area contributed by atoms with E-state index >= 15 is 0 Å². The third-order valence-corrected chi connectivity index (χ3v) is 4.17. The van der Waals surface area contributed by atoms with Crippen LogP contribution in [-0.4, -0.2) is 25.2 Å². The maximum atomic E-state index is 3.63. The van der Waals surface area contributed by atoms with Crippen molar-refractivity contribution < 1.29 is 0 Å². The van der Waals surface area contributed by atoms with Gasteiger partial charge in [-0.25, -0.2) is 0 Å². The first-order valence-corrected chi connectivity index (χ1v) is 7.61. The summed E-state index contributed by atoms with van der Waals surface area (Å²) in [5.74, 6) is 0. The zero-order valence-electron chi connectivity index (χ0n) is 10.2. The van der Waals surface area contributed by atoms with Crippen LogP contribution in [0.2, 0.25) is 0 Å². The van der Waals surface area contributed by atoms with Gasteiger partial charge in [-0.1, -0.05) is 29.8 Å². The number of benzene rings is 1. The van der Waals surface area contributed by atoms with E-state index < -0.39 is 0 Å². The lowest BCUT2D eigenvalue weighted by molar-refractivity contribution is 0.492. The Hall–Kier alpha value is -0.0600. The van der Waals surface area contributed by atoms with Gasteiger partial charge in [0.2, 0.25) is 0 Å². The van der Waals surface area contributed by atoms with Crippen LogP contribution >= 0.6 is 31.9 Å². The van der Waals surface area contributed by atoms with Crippen LogP contribution in [0.1, 0.15) is 20.3 Å². The van der Waals surface area contributed by atoms with E-state index in [0.717, 1.165) is 17.6 Å². The molecule has 0 saturated carbocycles. The van der Waals surface area contributed by atoms with Crippen LogP contribution in [0.3, 0.4) is 0 Å². The number of nitrogens with one attached hydrogen (secondary N) is 1. The summed E-state index contributed by atoms with van der Waals surface area (Å²) < 4.78 is 2.31. The molecule has 0 aliphatic carbocycles. The van der Waals surface area contributed by atoms with Crippen molar-refractivity contribution in [1.82, 2.24) is 5.32 Å². The van der Waals surface area contributed by atoms with Gasteiger partial charge in [0.05, 0.1) is 5.69 Å².